The molecular formula is C10H12F2N2O2S. The van der Waals surface area contributed by atoms with Crippen LogP contribution >= 0.6 is 11.8 Å². The van der Waals surface area contributed by atoms with Crippen LogP contribution in [0.1, 0.15) is 15.9 Å². The number of amides is 1. The molecule has 7 heteroatoms. The fraction of sp³-hybridized carbons (Fsp3) is 0.300. The smallest absolute Gasteiger partial charge is 0.327 e. The van der Waals surface area contributed by atoms with Gasteiger partial charge in [0, 0.05) is 10.5 Å². The van der Waals surface area contributed by atoms with E-state index in [0.29, 0.717) is 4.90 Å². The van der Waals surface area contributed by atoms with Crippen molar-refractivity contribution in [3.8, 4) is 5.75 Å². The van der Waals surface area contributed by atoms with E-state index < -0.39 is 17.5 Å². The minimum Gasteiger partial charge on any atom is -0.496 e. The average molecular weight is 262 g/mol. The largest absolute Gasteiger partial charge is 0.496 e. The Bertz CT molecular complexity index is 421. The summed E-state index contributed by atoms with van der Waals surface area (Å²) in [5.41, 5.74) is 9.54. The second-order valence-electron chi connectivity index (χ2n) is 3.24. The van der Waals surface area contributed by atoms with Crippen molar-refractivity contribution in [1.82, 2.24) is 0 Å². The SMILES string of the molecule is COc1cc(C(N)(F)F)cc(SC)c1C(N)=O. The summed E-state index contributed by atoms with van der Waals surface area (Å²) in [6.45, 7) is 0. The Kier molecular flexibility index (Phi) is 3.94. The Morgan fingerprint density at radius 3 is 2.41 bits per heavy atom. The van der Waals surface area contributed by atoms with Crippen LogP contribution in [0.25, 0.3) is 0 Å². The van der Waals surface area contributed by atoms with Crippen LogP contribution in [0, 0.1) is 0 Å². The Morgan fingerprint density at radius 1 is 1.47 bits per heavy atom. The van der Waals surface area contributed by atoms with Crippen LogP contribution in [-0.2, 0) is 6.05 Å². The Morgan fingerprint density at radius 2 is 2.06 bits per heavy atom. The quantitative estimate of drug-likeness (QED) is 0.637. The topological polar surface area (TPSA) is 78.3 Å². The van der Waals surface area contributed by atoms with E-state index in [1.807, 2.05) is 0 Å². The van der Waals surface area contributed by atoms with Crippen molar-refractivity contribution < 1.29 is 18.3 Å². The second kappa shape index (κ2) is 4.89. The molecule has 4 nitrogen and oxygen atoms in total. The first-order valence-corrected chi connectivity index (χ1v) is 5.76. The van der Waals surface area contributed by atoms with Gasteiger partial charge in [0.1, 0.15) is 5.75 Å². The van der Waals surface area contributed by atoms with Gasteiger partial charge >= 0.3 is 6.05 Å². The molecule has 0 fully saturated rings. The van der Waals surface area contributed by atoms with Gasteiger partial charge in [-0.2, -0.15) is 8.78 Å². The highest BCUT2D eigenvalue weighted by Crippen LogP contribution is 2.34. The van der Waals surface area contributed by atoms with Gasteiger partial charge in [-0.25, -0.2) is 0 Å². The molecule has 0 aromatic heterocycles. The molecule has 1 rings (SSSR count). The number of halogens is 2. The average Bonchev–Trinajstić information content (AvgIpc) is 2.25. The lowest BCUT2D eigenvalue weighted by atomic mass is 10.1. The van der Waals surface area contributed by atoms with Gasteiger partial charge in [0.15, 0.2) is 0 Å². The third-order valence-corrected chi connectivity index (χ3v) is 2.90. The van der Waals surface area contributed by atoms with Crippen LogP contribution < -0.4 is 16.2 Å². The van der Waals surface area contributed by atoms with Gasteiger partial charge < -0.3 is 10.5 Å². The maximum atomic E-state index is 13.0. The van der Waals surface area contributed by atoms with Gasteiger partial charge in [-0.3, -0.25) is 10.5 Å². The van der Waals surface area contributed by atoms with E-state index in [1.54, 1.807) is 6.26 Å². The Hall–Kier alpha value is -1.34. The molecule has 0 saturated heterocycles. The van der Waals surface area contributed by atoms with E-state index in [9.17, 15) is 13.6 Å². The summed E-state index contributed by atoms with van der Waals surface area (Å²) in [5, 5.41) is 0. The molecule has 1 amide bonds. The Balaban J connectivity index is 3.50. The lowest BCUT2D eigenvalue weighted by Crippen LogP contribution is -2.26. The number of nitrogens with two attached hydrogens (primary N) is 2. The molecule has 94 valence electrons. The van der Waals surface area contributed by atoms with Gasteiger partial charge in [0.2, 0.25) is 0 Å². The van der Waals surface area contributed by atoms with Crippen LogP contribution in [0.15, 0.2) is 17.0 Å². The molecule has 0 heterocycles. The zero-order valence-corrected chi connectivity index (χ0v) is 10.1. The van der Waals surface area contributed by atoms with Crippen molar-refractivity contribution in [2.45, 2.75) is 10.9 Å². The molecule has 0 radical (unpaired) electrons. The van der Waals surface area contributed by atoms with Crippen LogP contribution in [0.3, 0.4) is 0 Å². The molecule has 0 unspecified atom stereocenters. The molecule has 0 aliphatic carbocycles. The maximum Gasteiger partial charge on any atom is 0.327 e. The fourth-order valence-electron chi connectivity index (χ4n) is 1.35. The Labute approximate surface area is 101 Å². The summed E-state index contributed by atoms with van der Waals surface area (Å²) in [6, 6.07) is -1.35. The van der Waals surface area contributed by atoms with E-state index in [2.05, 4.69) is 0 Å². The van der Waals surface area contributed by atoms with Crippen molar-refractivity contribution in [3.05, 3.63) is 23.3 Å². The number of carbonyl (C=O) groups is 1. The number of hydrogen-bond acceptors (Lipinski definition) is 4. The van der Waals surface area contributed by atoms with E-state index in [1.165, 1.54) is 7.11 Å². The minimum atomic E-state index is -3.49. The first-order chi connectivity index (χ1) is 7.81. The van der Waals surface area contributed by atoms with Gasteiger partial charge in [-0.1, -0.05) is 0 Å². The normalized spacial score (nSPS) is 11.4. The zero-order chi connectivity index (χ0) is 13.2. The highest BCUT2D eigenvalue weighted by atomic mass is 32.2. The molecule has 17 heavy (non-hydrogen) atoms. The van der Waals surface area contributed by atoms with Crippen LogP contribution in [0.2, 0.25) is 0 Å². The predicted molar refractivity (Wildman–Crippen MR) is 61.4 cm³/mol. The summed E-state index contributed by atoms with van der Waals surface area (Å²) in [5.74, 6) is -0.748. The number of ether oxygens (including phenoxy) is 1. The number of primary amides is 1. The highest BCUT2D eigenvalue weighted by Gasteiger charge is 2.28. The first kappa shape index (κ1) is 13.7. The monoisotopic (exact) mass is 262 g/mol. The van der Waals surface area contributed by atoms with Crippen molar-refractivity contribution in [3.63, 3.8) is 0 Å². The standard InChI is InChI=1S/C10H12F2N2O2S/c1-16-6-3-5(10(11,12)14)4-7(17-2)8(6)9(13)15/h3-4H,14H2,1-2H3,(H2,13,15). The van der Waals surface area contributed by atoms with Gasteiger partial charge in [-0.15, -0.1) is 11.8 Å². The number of carbonyl (C=O) groups excluding carboxylic acids is 1. The van der Waals surface area contributed by atoms with Gasteiger partial charge in [-0.05, 0) is 18.4 Å². The van der Waals surface area contributed by atoms with Crippen LogP contribution in [0.5, 0.6) is 5.75 Å². The number of hydrogen-bond donors (Lipinski definition) is 2. The lowest BCUT2D eigenvalue weighted by Gasteiger charge is -2.16. The molecule has 0 aliphatic rings. The van der Waals surface area contributed by atoms with Gasteiger partial charge in [0.25, 0.3) is 5.91 Å². The molecular weight excluding hydrogens is 250 g/mol. The summed E-state index contributed by atoms with van der Waals surface area (Å²) < 4.78 is 30.9. The predicted octanol–water partition coefficient (Wildman–Crippen LogP) is 1.52. The summed E-state index contributed by atoms with van der Waals surface area (Å²) in [6.07, 6.45) is 1.64. The summed E-state index contributed by atoms with van der Waals surface area (Å²) in [7, 11) is 1.27. The van der Waals surface area contributed by atoms with Crippen molar-refractivity contribution in [2.75, 3.05) is 13.4 Å². The van der Waals surface area contributed by atoms with Gasteiger partial charge in [0.05, 0.1) is 12.7 Å². The lowest BCUT2D eigenvalue weighted by molar-refractivity contribution is 0.00251. The maximum absolute atomic E-state index is 13.0. The molecule has 0 spiro atoms. The van der Waals surface area contributed by atoms with E-state index >= 15 is 0 Å². The second-order valence-corrected chi connectivity index (χ2v) is 4.09. The molecule has 0 saturated carbocycles. The van der Waals surface area contributed by atoms with Crippen molar-refractivity contribution >= 4 is 17.7 Å². The third-order valence-electron chi connectivity index (χ3n) is 2.14. The molecule has 0 aliphatic heterocycles. The molecule has 0 atom stereocenters. The number of rotatable bonds is 4. The number of thioether (sulfide) groups is 1. The third kappa shape index (κ3) is 2.86. The molecule has 0 bridgehead atoms. The van der Waals surface area contributed by atoms with Crippen molar-refractivity contribution in [1.29, 1.82) is 0 Å². The minimum absolute atomic E-state index is 0.00975. The number of methoxy groups -OCH3 is 1. The molecule has 1 aromatic carbocycles. The highest BCUT2D eigenvalue weighted by molar-refractivity contribution is 7.98. The van der Waals surface area contributed by atoms with E-state index in [-0.39, 0.29) is 11.3 Å². The van der Waals surface area contributed by atoms with E-state index in [4.69, 9.17) is 16.2 Å². The van der Waals surface area contributed by atoms with E-state index in [0.717, 1.165) is 23.9 Å². The summed E-state index contributed by atoms with van der Waals surface area (Å²) in [4.78, 5) is 11.5. The molecule has 4 N–H and O–H groups in total. The van der Waals surface area contributed by atoms with Crippen LogP contribution in [0.4, 0.5) is 8.78 Å². The number of benzene rings is 1. The first-order valence-electron chi connectivity index (χ1n) is 4.54. The number of alkyl halides is 2. The van der Waals surface area contributed by atoms with Crippen molar-refractivity contribution in [2.24, 2.45) is 11.5 Å². The summed E-state index contributed by atoms with van der Waals surface area (Å²) >= 11 is 1.11. The fourth-order valence-corrected chi connectivity index (χ4v) is 2.00. The van der Waals surface area contributed by atoms with Crippen LogP contribution in [-0.4, -0.2) is 19.3 Å². The zero-order valence-electron chi connectivity index (χ0n) is 9.29. The molecule has 1 aromatic rings.